The molecule has 0 aromatic heterocycles. The fourth-order valence-corrected chi connectivity index (χ4v) is 2.77. The number of hydrogen-bond donors (Lipinski definition) is 2. The summed E-state index contributed by atoms with van der Waals surface area (Å²) in [6, 6.07) is 19.3. The molecule has 0 radical (unpaired) electrons. The van der Waals surface area contributed by atoms with E-state index in [1.54, 1.807) is 0 Å². The summed E-state index contributed by atoms with van der Waals surface area (Å²) < 4.78 is 0. The maximum atomic E-state index is 4.70. The number of nitrogens with zero attached hydrogens (tertiary/aromatic N) is 2. The van der Waals surface area contributed by atoms with Crippen LogP contribution in [0.3, 0.4) is 0 Å². The molecule has 26 heavy (non-hydrogen) atoms. The zero-order chi connectivity index (χ0) is 18.6. The third kappa shape index (κ3) is 7.70. The van der Waals surface area contributed by atoms with Gasteiger partial charge in [-0.25, -0.2) is 4.99 Å². The lowest BCUT2D eigenvalue weighted by atomic mass is 10.1. The Balaban J connectivity index is 1.79. The molecular formula is C22H32N4. The molecule has 0 heterocycles. The summed E-state index contributed by atoms with van der Waals surface area (Å²) in [6.45, 7) is 5.54. The van der Waals surface area contributed by atoms with E-state index in [0.717, 1.165) is 38.4 Å². The van der Waals surface area contributed by atoms with Crippen LogP contribution in [0.2, 0.25) is 0 Å². The molecule has 2 N–H and O–H groups in total. The predicted octanol–water partition coefficient (Wildman–Crippen LogP) is 3.44. The average molecular weight is 353 g/mol. The molecule has 0 aliphatic carbocycles. The van der Waals surface area contributed by atoms with Gasteiger partial charge in [0.2, 0.25) is 0 Å². The van der Waals surface area contributed by atoms with E-state index in [1.807, 2.05) is 0 Å². The molecule has 2 aromatic rings. The van der Waals surface area contributed by atoms with Gasteiger partial charge in [-0.3, -0.25) is 0 Å². The van der Waals surface area contributed by atoms with E-state index >= 15 is 0 Å². The topological polar surface area (TPSA) is 39.7 Å². The van der Waals surface area contributed by atoms with Crippen molar-refractivity contribution in [2.45, 2.75) is 32.9 Å². The molecule has 0 saturated heterocycles. The minimum absolute atomic E-state index is 0.691. The van der Waals surface area contributed by atoms with Gasteiger partial charge in [0.25, 0.3) is 0 Å². The Labute approximate surface area is 158 Å². The van der Waals surface area contributed by atoms with Crippen LogP contribution in [0.5, 0.6) is 0 Å². The van der Waals surface area contributed by atoms with Crippen LogP contribution in [0.25, 0.3) is 0 Å². The summed E-state index contributed by atoms with van der Waals surface area (Å²) in [7, 11) is 4.18. The lowest BCUT2D eigenvalue weighted by Crippen LogP contribution is -2.37. The Morgan fingerprint density at radius 3 is 2.23 bits per heavy atom. The summed E-state index contributed by atoms with van der Waals surface area (Å²) >= 11 is 0. The number of nitrogens with one attached hydrogen (secondary N) is 2. The van der Waals surface area contributed by atoms with Gasteiger partial charge in [0, 0.05) is 19.6 Å². The quantitative estimate of drug-likeness (QED) is 0.413. The predicted molar refractivity (Wildman–Crippen MR) is 111 cm³/mol. The maximum Gasteiger partial charge on any atom is 0.191 e. The van der Waals surface area contributed by atoms with E-state index in [2.05, 4.69) is 91.1 Å². The third-order valence-corrected chi connectivity index (χ3v) is 4.06. The Bertz CT molecular complexity index is 648. The first-order chi connectivity index (χ1) is 12.7. The average Bonchev–Trinajstić information content (AvgIpc) is 2.64. The smallest absolute Gasteiger partial charge is 0.191 e. The SMILES string of the molecule is CCNC(=NCc1ccc(CN(C)C)cc1)NCCCc1ccccc1. The molecule has 0 amide bonds. The molecule has 0 unspecified atom stereocenters. The highest BCUT2D eigenvalue weighted by molar-refractivity contribution is 5.79. The minimum Gasteiger partial charge on any atom is -0.357 e. The van der Waals surface area contributed by atoms with Crippen molar-refractivity contribution in [3.8, 4) is 0 Å². The summed E-state index contributed by atoms with van der Waals surface area (Å²) in [4.78, 5) is 6.88. The Morgan fingerprint density at radius 2 is 1.58 bits per heavy atom. The molecule has 140 valence electrons. The first-order valence-corrected chi connectivity index (χ1v) is 9.46. The van der Waals surface area contributed by atoms with Crippen LogP contribution in [0.15, 0.2) is 59.6 Å². The largest absolute Gasteiger partial charge is 0.357 e. The van der Waals surface area contributed by atoms with E-state index < -0.39 is 0 Å². The number of aliphatic imine (C=N–C) groups is 1. The van der Waals surface area contributed by atoms with Crippen molar-refractivity contribution >= 4 is 5.96 Å². The number of benzene rings is 2. The number of rotatable bonds is 9. The van der Waals surface area contributed by atoms with Crippen molar-refractivity contribution in [1.82, 2.24) is 15.5 Å². The molecule has 0 fully saturated rings. The molecule has 0 aliphatic heterocycles. The lowest BCUT2D eigenvalue weighted by molar-refractivity contribution is 0.402. The molecule has 0 atom stereocenters. The van der Waals surface area contributed by atoms with Gasteiger partial charge in [-0.2, -0.15) is 0 Å². The van der Waals surface area contributed by atoms with E-state index in [9.17, 15) is 0 Å². The van der Waals surface area contributed by atoms with E-state index in [1.165, 1.54) is 16.7 Å². The van der Waals surface area contributed by atoms with Gasteiger partial charge in [-0.05, 0) is 50.6 Å². The van der Waals surface area contributed by atoms with Crippen LogP contribution in [-0.2, 0) is 19.5 Å². The van der Waals surface area contributed by atoms with Gasteiger partial charge in [0.15, 0.2) is 5.96 Å². The maximum absolute atomic E-state index is 4.70. The van der Waals surface area contributed by atoms with Gasteiger partial charge in [-0.1, -0.05) is 54.6 Å². The summed E-state index contributed by atoms with van der Waals surface area (Å²) in [5.41, 5.74) is 3.94. The van der Waals surface area contributed by atoms with Gasteiger partial charge in [0.05, 0.1) is 6.54 Å². The Kier molecular flexibility index (Phi) is 8.70. The second kappa shape index (κ2) is 11.3. The van der Waals surface area contributed by atoms with Crippen molar-refractivity contribution in [2.24, 2.45) is 4.99 Å². The third-order valence-electron chi connectivity index (χ3n) is 4.06. The summed E-state index contributed by atoms with van der Waals surface area (Å²) in [6.07, 6.45) is 2.17. The summed E-state index contributed by atoms with van der Waals surface area (Å²) in [5, 5.41) is 6.75. The van der Waals surface area contributed by atoms with E-state index in [-0.39, 0.29) is 0 Å². The van der Waals surface area contributed by atoms with Crippen LogP contribution >= 0.6 is 0 Å². The second-order valence-electron chi connectivity index (χ2n) is 6.77. The first kappa shape index (κ1) is 20.0. The van der Waals surface area contributed by atoms with Crippen LogP contribution in [-0.4, -0.2) is 38.0 Å². The standard InChI is InChI=1S/C22H32N4/c1-4-23-22(24-16-8-11-19-9-6-5-7-10-19)25-17-20-12-14-21(15-13-20)18-26(2)3/h5-7,9-10,12-15H,4,8,11,16-18H2,1-3H3,(H2,23,24,25). The normalized spacial score (nSPS) is 11.6. The lowest BCUT2D eigenvalue weighted by Gasteiger charge is -2.12. The molecular weight excluding hydrogens is 320 g/mol. The zero-order valence-electron chi connectivity index (χ0n) is 16.3. The van der Waals surface area contributed by atoms with Crippen molar-refractivity contribution in [3.05, 3.63) is 71.3 Å². The highest BCUT2D eigenvalue weighted by Crippen LogP contribution is 2.07. The van der Waals surface area contributed by atoms with Gasteiger partial charge < -0.3 is 15.5 Å². The van der Waals surface area contributed by atoms with Crippen LogP contribution in [0.4, 0.5) is 0 Å². The minimum atomic E-state index is 0.691. The van der Waals surface area contributed by atoms with Crippen LogP contribution in [0, 0.1) is 0 Å². The highest BCUT2D eigenvalue weighted by atomic mass is 15.2. The highest BCUT2D eigenvalue weighted by Gasteiger charge is 1.99. The molecule has 0 bridgehead atoms. The van der Waals surface area contributed by atoms with Crippen molar-refractivity contribution in [2.75, 3.05) is 27.2 Å². The van der Waals surface area contributed by atoms with E-state index in [4.69, 9.17) is 4.99 Å². The van der Waals surface area contributed by atoms with Crippen LogP contribution in [0.1, 0.15) is 30.0 Å². The molecule has 0 spiro atoms. The molecule has 0 saturated carbocycles. The molecule has 4 heteroatoms. The van der Waals surface area contributed by atoms with Crippen molar-refractivity contribution in [1.29, 1.82) is 0 Å². The number of aryl methyl sites for hydroxylation is 1. The van der Waals surface area contributed by atoms with Crippen molar-refractivity contribution in [3.63, 3.8) is 0 Å². The van der Waals surface area contributed by atoms with Gasteiger partial charge in [-0.15, -0.1) is 0 Å². The Morgan fingerprint density at radius 1 is 0.885 bits per heavy atom. The first-order valence-electron chi connectivity index (χ1n) is 9.46. The number of hydrogen-bond acceptors (Lipinski definition) is 2. The zero-order valence-corrected chi connectivity index (χ0v) is 16.3. The van der Waals surface area contributed by atoms with Gasteiger partial charge in [0.1, 0.15) is 0 Å². The fraction of sp³-hybridized carbons (Fsp3) is 0.409. The Hall–Kier alpha value is -2.33. The molecule has 2 aromatic carbocycles. The van der Waals surface area contributed by atoms with Crippen LogP contribution < -0.4 is 10.6 Å². The molecule has 0 aliphatic rings. The number of guanidine groups is 1. The second-order valence-corrected chi connectivity index (χ2v) is 6.77. The summed E-state index contributed by atoms with van der Waals surface area (Å²) in [5.74, 6) is 0.887. The molecule has 2 rings (SSSR count). The molecule has 4 nitrogen and oxygen atoms in total. The van der Waals surface area contributed by atoms with Crippen molar-refractivity contribution < 1.29 is 0 Å². The van der Waals surface area contributed by atoms with E-state index in [0.29, 0.717) is 6.54 Å². The fourth-order valence-electron chi connectivity index (χ4n) is 2.77. The van der Waals surface area contributed by atoms with Gasteiger partial charge >= 0.3 is 0 Å². The monoisotopic (exact) mass is 352 g/mol.